The summed E-state index contributed by atoms with van der Waals surface area (Å²) in [5.41, 5.74) is 4.76. The highest BCUT2D eigenvalue weighted by Gasteiger charge is 2.29. The maximum absolute atomic E-state index is 12.3. The summed E-state index contributed by atoms with van der Waals surface area (Å²) < 4.78 is 76.7. The first-order valence-corrected chi connectivity index (χ1v) is 23.4. The molecule has 370 valence electrons. The summed E-state index contributed by atoms with van der Waals surface area (Å²) in [4.78, 5) is 23.8. The van der Waals surface area contributed by atoms with E-state index < -0.39 is 6.09 Å². The fourth-order valence-electron chi connectivity index (χ4n) is 6.38. The van der Waals surface area contributed by atoms with Gasteiger partial charge in [0.05, 0.1) is 159 Å². The Morgan fingerprint density at radius 3 is 1.12 bits per heavy atom. The number of benzene rings is 2. The molecule has 0 saturated carbocycles. The normalized spacial score (nSPS) is 12.1. The van der Waals surface area contributed by atoms with Gasteiger partial charge in [0, 0.05) is 18.9 Å². The zero-order chi connectivity index (χ0) is 45.9. The Hall–Kier alpha value is -3.30. The highest BCUT2D eigenvalue weighted by Crippen LogP contribution is 2.44. The number of carbonyl (C=O) groups is 2. The Balaban J connectivity index is 0.907. The van der Waals surface area contributed by atoms with Crippen molar-refractivity contribution in [1.82, 2.24) is 5.32 Å². The van der Waals surface area contributed by atoms with Gasteiger partial charge in [-0.25, -0.2) is 4.79 Å². The molecule has 1 N–H and O–H groups in total. The van der Waals surface area contributed by atoms with Gasteiger partial charge in [-0.1, -0.05) is 74.7 Å². The Bertz CT molecular complexity index is 1390. The number of fused-ring (bicyclic) bond motifs is 3. The van der Waals surface area contributed by atoms with E-state index in [4.69, 9.17) is 66.3 Å². The van der Waals surface area contributed by atoms with E-state index in [9.17, 15) is 9.59 Å². The minimum absolute atomic E-state index is 0.0317. The zero-order valence-corrected chi connectivity index (χ0v) is 38.9. The van der Waals surface area contributed by atoms with Crippen molar-refractivity contribution in [2.24, 2.45) is 0 Å². The Kier molecular flexibility index (Phi) is 35.3. The van der Waals surface area contributed by atoms with Crippen LogP contribution in [0.4, 0.5) is 4.79 Å². The van der Waals surface area contributed by atoms with Crippen molar-refractivity contribution in [3.63, 3.8) is 0 Å². The number of carbonyl (C=O) groups excluding carboxylic acids is 2. The lowest BCUT2D eigenvalue weighted by molar-refractivity contribution is -0.145. The van der Waals surface area contributed by atoms with Gasteiger partial charge in [0.2, 0.25) is 0 Å². The molecule has 0 radical (unpaired) electrons. The van der Waals surface area contributed by atoms with Gasteiger partial charge in [-0.15, -0.1) is 0 Å². The number of amides is 1. The van der Waals surface area contributed by atoms with Crippen LogP contribution in [-0.2, 0) is 71.1 Å². The number of ether oxygens (including phenoxy) is 14. The molecule has 0 fully saturated rings. The highest BCUT2D eigenvalue weighted by molar-refractivity contribution is 5.79. The fraction of sp³-hybridized carbons (Fsp3) is 0.708. The largest absolute Gasteiger partial charge is 0.463 e. The fourth-order valence-corrected chi connectivity index (χ4v) is 6.38. The predicted molar refractivity (Wildman–Crippen MR) is 243 cm³/mol. The maximum Gasteiger partial charge on any atom is 0.407 e. The number of nitrogens with one attached hydrogen (secondary N) is 1. The molecule has 1 amide bonds. The van der Waals surface area contributed by atoms with Gasteiger partial charge in [0.1, 0.15) is 13.2 Å². The molecule has 0 aliphatic heterocycles. The number of alkyl carbamates (subject to hydrolysis) is 1. The molecule has 17 nitrogen and oxygen atoms in total. The average molecular weight is 924 g/mol. The lowest BCUT2D eigenvalue weighted by Gasteiger charge is -2.14. The van der Waals surface area contributed by atoms with Crippen LogP contribution < -0.4 is 5.32 Å². The van der Waals surface area contributed by atoms with Gasteiger partial charge < -0.3 is 71.6 Å². The van der Waals surface area contributed by atoms with Crippen LogP contribution in [0.25, 0.3) is 11.1 Å². The standard InChI is InChI=1S/C48H77NO16/c1-2-3-4-5-14-47(50)64-40-39-63-38-37-62-36-35-61-34-33-60-32-31-59-30-29-58-28-27-57-26-25-56-24-23-55-22-21-54-20-19-53-18-17-52-16-15-49-48(51)65-41-46-44-12-8-6-10-42(44)43-11-7-9-13-45(43)46/h6-13,46H,2-5,14-41H2,1H3,(H,49,51). The number of hydrogen-bond acceptors (Lipinski definition) is 16. The van der Waals surface area contributed by atoms with Gasteiger partial charge >= 0.3 is 12.1 Å². The van der Waals surface area contributed by atoms with Crippen molar-refractivity contribution >= 4 is 12.1 Å². The molecule has 0 unspecified atom stereocenters. The zero-order valence-electron chi connectivity index (χ0n) is 38.9. The van der Waals surface area contributed by atoms with Crippen LogP contribution in [0, 0.1) is 0 Å². The lowest BCUT2D eigenvalue weighted by Crippen LogP contribution is -2.29. The Labute approximate surface area is 386 Å². The molecule has 0 saturated heterocycles. The van der Waals surface area contributed by atoms with Crippen LogP contribution in [0.15, 0.2) is 48.5 Å². The molecule has 0 aromatic heterocycles. The van der Waals surface area contributed by atoms with Gasteiger partial charge in [0.15, 0.2) is 0 Å². The summed E-state index contributed by atoms with van der Waals surface area (Å²) in [6, 6.07) is 16.5. The molecular formula is C48H77NO16. The first-order chi connectivity index (χ1) is 32.2. The van der Waals surface area contributed by atoms with Gasteiger partial charge in [-0.2, -0.15) is 0 Å². The summed E-state index contributed by atoms with van der Waals surface area (Å²) in [7, 11) is 0. The van der Waals surface area contributed by atoms with E-state index >= 15 is 0 Å². The molecule has 1 aliphatic carbocycles. The van der Waals surface area contributed by atoms with E-state index in [0.717, 1.165) is 25.7 Å². The first-order valence-electron chi connectivity index (χ1n) is 23.4. The molecular weight excluding hydrogens is 847 g/mol. The molecule has 0 spiro atoms. The van der Waals surface area contributed by atoms with Crippen molar-refractivity contribution in [3.05, 3.63) is 59.7 Å². The average Bonchev–Trinajstić information content (AvgIpc) is 3.64. The summed E-state index contributed by atoms with van der Waals surface area (Å²) in [5.74, 6) is -0.126. The van der Waals surface area contributed by atoms with Crippen LogP contribution in [0.5, 0.6) is 0 Å². The second-order valence-electron chi connectivity index (χ2n) is 14.6. The molecule has 0 heterocycles. The predicted octanol–water partition coefficient (Wildman–Crippen LogP) is 5.24. The third kappa shape index (κ3) is 29.2. The van der Waals surface area contributed by atoms with E-state index in [-0.39, 0.29) is 25.1 Å². The smallest absolute Gasteiger partial charge is 0.407 e. The summed E-state index contributed by atoms with van der Waals surface area (Å²) >= 11 is 0. The van der Waals surface area contributed by atoms with E-state index in [1.54, 1.807) is 0 Å². The van der Waals surface area contributed by atoms with E-state index in [1.807, 2.05) is 24.3 Å². The third-order valence-electron chi connectivity index (χ3n) is 9.68. The molecule has 0 bridgehead atoms. The van der Waals surface area contributed by atoms with Crippen molar-refractivity contribution in [2.45, 2.75) is 44.9 Å². The molecule has 0 atom stereocenters. The highest BCUT2D eigenvalue weighted by atomic mass is 16.6. The molecule has 2 aromatic carbocycles. The van der Waals surface area contributed by atoms with Gasteiger partial charge in [-0.05, 0) is 28.7 Å². The minimum Gasteiger partial charge on any atom is -0.463 e. The third-order valence-corrected chi connectivity index (χ3v) is 9.68. The first kappa shape index (κ1) is 56.0. The Morgan fingerprint density at radius 1 is 0.415 bits per heavy atom. The number of esters is 1. The second kappa shape index (κ2) is 40.9. The van der Waals surface area contributed by atoms with Crippen molar-refractivity contribution in [2.75, 3.05) is 178 Å². The minimum atomic E-state index is -0.456. The number of unbranched alkanes of at least 4 members (excludes halogenated alkanes) is 3. The molecule has 17 heteroatoms. The monoisotopic (exact) mass is 924 g/mol. The molecule has 2 aromatic rings. The van der Waals surface area contributed by atoms with Gasteiger partial charge in [-0.3, -0.25) is 4.79 Å². The Morgan fingerprint density at radius 2 is 0.754 bits per heavy atom. The molecule has 3 rings (SSSR count). The van der Waals surface area contributed by atoms with Crippen molar-refractivity contribution in [1.29, 1.82) is 0 Å². The van der Waals surface area contributed by atoms with Crippen molar-refractivity contribution in [3.8, 4) is 11.1 Å². The SMILES string of the molecule is CCCCCCC(=O)OCCOCCOCCOCCOCCOCCOCCOCCOCCOCCOCCOCCOCCNC(=O)OCC1c2ccccc2-c2ccccc21. The number of rotatable bonds is 46. The van der Waals surface area contributed by atoms with Crippen LogP contribution in [0.2, 0.25) is 0 Å². The molecule has 1 aliphatic rings. The summed E-state index contributed by atoms with van der Waals surface area (Å²) in [6.07, 6.45) is 4.27. The maximum atomic E-state index is 12.3. The van der Waals surface area contributed by atoms with Gasteiger partial charge in [0.25, 0.3) is 0 Å². The lowest BCUT2D eigenvalue weighted by atomic mass is 9.98. The van der Waals surface area contributed by atoms with E-state index in [2.05, 4.69) is 36.5 Å². The summed E-state index contributed by atoms with van der Waals surface area (Å²) in [5, 5.41) is 2.74. The van der Waals surface area contributed by atoms with E-state index in [1.165, 1.54) is 22.3 Å². The topological polar surface area (TPSA) is 175 Å². The van der Waals surface area contributed by atoms with Crippen LogP contribution >= 0.6 is 0 Å². The van der Waals surface area contributed by atoms with Crippen LogP contribution in [-0.4, -0.2) is 190 Å². The van der Waals surface area contributed by atoms with Crippen LogP contribution in [0.3, 0.4) is 0 Å². The van der Waals surface area contributed by atoms with E-state index in [0.29, 0.717) is 172 Å². The van der Waals surface area contributed by atoms with Crippen molar-refractivity contribution < 1.29 is 75.9 Å². The molecule has 65 heavy (non-hydrogen) atoms. The number of hydrogen-bond donors (Lipinski definition) is 1. The summed E-state index contributed by atoms with van der Waals surface area (Å²) in [6.45, 7) is 14.2. The quantitative estimate of drug-likeness (QED) is 0.0674. The second-order valence-corrected chi connectivity index (χ2v) is 14.6. The van der Waals surface area contributed by atoms with Crippen LogP contribution in [0.1, 0.15) is 56.1 Å².